The van der Waals surface area contributed by atoms with E-state index in [-0.39, 0.29) is 11.9 Å². The molecule has 0 spiro atoms. The lowest BCUT2D eigenvalue weighted by molar-refractivity contribution is 0.0939. The third-order valence-corrected chi connectivity index (χ3v) is 4.63. The molecule has 1 unspecified atom stereocenters. The summed E-state index contributed by atoms with van der Waals surface area (Å²) in [6.45, 7) is 5.64. The van der Waals surface area contributed by atoms with Crippen LogP contribution in [0.15, 0.2) is 55.1 Å². The molecular weight excluding hydrogens is 380 g/mol. The van der Waals surface area contributed by atoms with Crippen molar-refractivity contribution >= 4 is 5.91 Å². The number of hydrogen-bond acceptors (Lipinski definition) is 7. The highest BCUT2D eigenvalue weighted by molar-refractivity contribution is 5.96. The Balaban J connectivity index is 1.73. The Hall–Kier alpha value is -4.01. The van der Waals surface area contributed by atoms with Crippen LogP contribution in [0.5, 0.6) is 0 Å². The Morgan fingerprint density at radius 1 is 1.07 bits per heavy atom. The Morgan fingerprint density at radius 2 is 1.93 bits per heavy atom. The average Bonchev–Trinajstić information content (AvgIpc) is 3.20. The van der Waals surface area contributed by atoms with Crippen LogP contribution in [-0.4, -0.2) is 41.1 Å². The molecule has 3 heterocycles. The number of nitrogens with one attached hydrogen (secondary N) is 1. The van der Waals surface area contributed by atoms with E-state index in [1.165, 1.54) is 0 Å². The molecule has 150 valence electrons. The standard InChI is InChI=1S/C21H20N8O/c1-13-4-5-19(24-11-13)16-8-17(10-18(9-16)29-15(3)26-27-28-29)21(30)25-14(2)20-12-22-6-7-23-20/h4-12,14H,1-3H3,(H,25,30). The molecule has 1 amide bonds. The van der Waals surface area contributed by atoms with Crippen molar-refractivity contribution in [1.29, 1.82) is 0 Å². The van der Waals surface area contributed by atoms with E-state index in [2.05, 4.69) is 35.8 Å². The van der Waals surface area contributed by atoms with Crippen LogP contribution in [0, 0.1) is 13.8 Å². The highest BCUT2D eigenvalue weighted by atomic mass is 16.1. The molecule has 0 aliphatic carbocycles. The third-order valence-electron chi connectivity index (χ3n) is 4.63. The number of tetrazole rings is 1. The quantitative estimate of drug-likeness (QED) is 0.548. The number of rotatable bonds is 5. The van der Waals surface area contributed by atoms with Gasteiger partial charge in [-0.05, 0) is 61.0 Å². The van der Waals surface area contributed by atoms with Crippen molar-refractivity contribution in [2.75, 3.05) is 0 Å². The zero-order chi connectivity index (χ0) is 21.1. The van der Waals surface area contributed by atoms with Gasteiger partial charge in [-0.25, -0.2) is 0 Å². The molecule has 0 aliphatic rings. The smallest absolute Gasteiger partial charge is 0.251 e. The van der Waals surface area contributed by atoms with Crippen molar-refractivity contribution in [3.63, 3.8) is 0 Å². The first-order valence-corrected chi connectivity index (χ1v) is 9.41. The number of aromatic nitrogens is 7. The summed E-state index contributed by atoms with van der Waals surface area (Å²) in [5, 5.41) is 14.6. The summed E-state index contributed by atoms with van der Waals surface area (Å²) in [5.41, 5.74) is 4.43. The van der Waals surface area contributed by atoms with Crippen molar-refractivity contribution in [3.05, 3.63) is 77.8 Å². The first kappa shape index (κ1) is 19.3. The third kappa shape index (κ3) is 4.04. The minimum Gasteiger partial charge on any atom is -0.344 e. The highest BCUT2D eigenvalue weighted by Crippen LogP contribution is 2.24. The highest BCUT2D eigenvalue weighted by Gasteiger charge is 2.16. The van der Waals surface area contributed by atoms with Crippen LogP contribution in [0.4, 0.5) is 0 Å². The topological polar surface area (TPSA) is 111 Å². The van der Waals surface area contributed by atoms with Crippen LogP contribution < -0.4 is 5.32 Å². The predicted octanol–water partition coefficient (Wildman–Crippen LogP) is 2.62. The number of hydrogen-bond donors (Lipinski definition) is 1. The molecule has 0 radical (unpaired) electrons. The number of carbonyl (C=O) groups is 1. The van der Waals surface area contributed by atoms with Gasteiger partial charge in [0.1, 0.15) is 0 Å². The maximum atomic E-state index is 13.0. The monoisotopic (exact) mass is 400 g/mol. The molecule has 0 bridgehead atoms. The molecule has 3 aromatic heterocycles. The van der Waals surface area contributed by atoms with Gasteiger partial charge in [-0.1, -0.05) is 6.07 Å². The summed E-state index contributed by atoms with van der Waals surface area (Å²) >= 11 is 0. The largest absolute Gasteiger partial charge is 0.344 e. The minimum atomic E-state index is -0.300. The van der Waals surface area contributed by atoms with Crippen LogP contribution in [-0.2, 0) is 0 Å². The van der Waals surface area contributed by atoms with E-state index in [1.54, 1.807) is 48.5 Å². The number of carbonyl (C=O) groups excluding carboxylic acids is 1. The molecule has 9 nitrogen and oxygen atoms in total. The maximum Gasteiger partial charge on any atom is 0.251 e. The van der Waals surface area contributed by atoms with Crippen LogP contribution in [0.2, 0.25) is 0 Å². The molecule has 4 rings (SSSR count). The molecule has 9 heteroatoms. The van der Waals surface area contributed by atoms with Gasteiger partial charge < -0.3 is 5.32 Å². The second-order valence-electron chi connectivity index (χ2n) is 6.95. The molecule has 1 aromatic carbocycles. The normalized spacial score (nSPS) is 11.8. The number of pyridine rings is 1. The average molecular weight is 400 g/mol. The van der Waals surface area contributed by atoms with E-state index in [1.807, 2.05) is 32.0 Å². The lowest BCUT2D eigenvalue weighted by atomic mass is 10.0. The molecule has 0 aliphatic heterocycles. The fraction of sp³-hybridized carbons (Fsp3) is 0.190. The van der Waals surface area contributed by atoms with E-state index >= 15 is 0 Å². The van der Waals surface area contributed by atoms with Crippen LogP contribution in [0.3, 0.4) is 0 Å². The molecule has 0 saturated carbocycles. The fourth-order valence-corrected chi connectivity index (χ4v) is 3.01. The number of amides is 1. The summed E-state index contributed by atoms with van der Waals surface area (Å²) in [7, 11) is 0. The number of aryl methyl sites for hydroxylation is 2. The van der Waals surface area contributed by atoms with Crippen molar-refractivity contribution in [2.24, 2.45) is 0 Å². The maximum absolute atomic E-state index is 13.0. The first-order chi connectivity index (χ1) is 14.5. The zero-order valence-corrected chi connectivity index (χ0v) is 16.8. The molecule has 0 fully saturated rings. The van der Waals surface area contributed by atoms with Gasteiger partial charge in [0.25, 0.3) is 5.91 Å². The van der Waals surface area contributed by atoms with Crippen LogP contribution >= 0.6 is 0 Å². The van der Waals surface area contributed by atoms with Gasteiger partial charge in [-0.15, -0.1) is 5.10 Å². The summed E-state index contributed by atoms with van der Waals surface area (Å²) in [5.74, 6) is 0.373. The van der Waals surface area contributed by atoms with Gasteiger partial charge in [0.2, 0.25) is 0 Å². The van der Waals surface area contributed by atoms with Crippen molar-refractivity contribution in [1.82, 2.24) is 40.5 Å². The van der Waals surface area contributed by atoms with Gasteiger partial charge in [-0.3, -0.25) is 19.7 Å². The summed E-state index contributed by atoms with van der Waals surface area (Å²) in [6, 6.07) is 9.06. The van der Waals surface area contributed by atoms with Gasteiger partial charge in [0.15, 0.2) is 5.82 Å². The molecule has 1 atom stereocenters. The molecular formula is C21H20N8O. The predicted molar refractivity (Wildman–Crippen MR) is 110 cm³/mol. The van der Waals surface area contributed by atoms with Crippen molar-refractivity contribution in [2.45, 2.75) is 26.8 Å². The van der Waals surface area contributed by atoms with Crippen LogP contribution in [0.1, 0.15) is 40.4 Å². The number of nitrogens with zero attached hydrogens (tertiary/aromatic N) is 7. The second-order valence-corrected chi connectivity index (χ2v) is 6.95. The van der Waals surface area contributed by atoms with Gasteiger partial charge in [-0.2, -0.15) is 4.68 Å². The summed E-state index contributed by atoms with van der Waals surface area (Å²) < 4.78 is 1.58. The first-order valence-electron chi connectivity index (χ1n) is 9.41. The Labute approximate surface area is 173 Å². The summed E-state index contributed by atoms with van der Waals surface area (Å²) in [6.07, 6.45) is 6.62. The lowest BCUT2D eigenvalue weighted by Crippen LogP contribution is -2.27. The van der Waals surface area contributed by atoms with Gasteiger partial charge >= 0.3 is 0 Å². The SMILES string of the molecule is Cc1ccc(-c2cc(C(=O)NC(C)c3cnccn3)cc(-n3nnnc3C)c2)nc1. The Kier molecular flexibility index (Phi) is 5.25. The minimum absolute atomic E-state index is 0.242. The van der Waals surface area contributed by atoms with Crippen molar-refractivity contribution in [3.8, 4) is 16.9 Å². The van der Waals surface area contributed by atoms with E-state index in [0.717, 1.165) is 16.8 Å². The van der Waals surface area contributed by atoms with E-state index < -0.39 is 0 Å². The van der Waals surface area contributed by atoms with E-state index in [0.29, 0.717) is 22.8 Å². The van der Waals surface area contributed by atoms with Gasteiger partial charge in [0, 0.05) is 29.7 Å². The number of benzene rings is 1. The molecule has 1 N–H and O–H groups in total. The molecule has 0 saturated heterocycles. The Morgan fingerprint density at radius 3 is 2.60 bits per heavy atom. The van der Waals surface area contributed by atoms with Gasteiger partial charge in [0.05, 0.1) is 29.3 Å². The van der Waals surface area contributed by atoms with Crippen LogP contribution in [0.25, 0.3) is 16.9 Å². The molecule has 4 aromatic rings. The van der Waals surface area contributed by atoms with E-state index in [9.17, 15) is 4.79 Å². The second kappa shape index (κ2) is 8.16. The lowest BCUT2D eigenvalue weighted by Gasteiger charge is -2.15. The van der Waals surface area contributed by atoms with Crippen molar-refractivity contribution < 1.29 is 4.79 Å². The Bertz CT molecular complexity index is 1170. The fourth-order valence-electron chi connectivity index (χ4n) is 3.01. The van der Waals surface area contributed by atoms with E-state index in [4.69, 9.17) is 0 Å². The summed E-state index contributed by atoms with van der Waals surface area (Å²) in [4.78, 5) is 25.8. The molecule has 30 heavy (non-hydrogen) atoms. The zero-order valence-electron chi connectivity index (χ0n) is 16.8.